The molecule has 1 aromatic rings. The van der Waals surface area contributed by atoms with E-state index < -0.39 is 0 Å². The largest absolute Gasteiger partial charge is 0.497 e. The molecule has 0 amide bonds. The minimum atomic E-state index is 0.485. The van der Waals surface area contributed by atoms with Crippen LogP contribution in [0.15, 0.2) is 18.2 Å². The van der Waals surface area contributed by atoms with Gasteiger partial charge in [0, 0.05) is 12.6 Å². The van der Waals surface area contributed by atoms with E-state index in [2.05, 4.69) is 23.5 Å². The Morgan fingerprint density at radius 2 is 2.32 bits per heavy atom. The summed E-state index contributed by atoms with van der Waals surface area (Å²) >= 11 is 0. The van der Waals surface area contributed by atoms with Crippen LogP contribution in [0.1, 0.15) is 42.9 Å². The van der Waals surface area contributed by atoms with E-state index in [0.29, 0.717) is 12.1 Å². The van der Waals surface area contributed by atoms with Crippen molar-refractivity contribution in [1.29, 1.82) is 0 Å². The van der Waals surface area contributed by atoms with Crippen molar-refractivity contribution in [1.82, 2.24) is 5.32 Å². The van der Waals surface area contributed by atoms with Crippen LogP contribution in [0.5, 0.6) is 5.75 Å². The first-order valence-electron chi connectivity index (χ1n) is 7.38. The van der Waals surface area contributed by atoms with Gasteiger partial charge in [-0.3, -0.25) is 0 Å². The Kier molecular flexibility index (Phi) is 4.04. The second kappa shape index (κ2) is 5.93. The minimum Gasteiger partial charge on any atom is -0.497 e. The van der Waals surface area contributed by atoms with Crippen molar-refractivity contribution in [2.24, 2.45) is 0 Å². The third kappa shape index (κ3) is 2.93. The van der Waals surface area contributed by atoms with Crippen molar-refractivity contribution in [2.75, 3.05) is 20.3 Å². The summed E-state index contributed by atoms with van der Waals surface area (Å²) in [6.45, 7) is 2.02. The molecule has 1 aromatic carbocycles. The molecule has 1 fully saturated rings. The van der Waals surface area contributed by atoms with Gasteiger partial charge in [0.2, 0.25) is 0 Å². The van der Waals surface area contributed by atoms with E-state index in [4.69, 9.17) is 9.47 Å². The molecule has 3 rings (SSSR count). The van der Waals surface area contributed by atoms with E-state index in [1.54, 1.807) is 7.11 Å². The number of ether oxygens (including phenoxy) is 2. The fraction of sp³-hybridized carbons (Fsp3) is 0.625. The molecule has 0 spiro atoms. The fourth-order valence-corrected chi connectivity index (χ4v) is 3.24. The van der Waals surface area contributed by atoms with Gasteiger partial charge in [-0.15, -0.1) is 0 Å². The number of methoxy groups -OCH3 is 1. The van der Waals surface area contributed by atoms with Crippen molar-refractivity contribution in [3.63, 3.8) is 0 Å². The third-order valence-corrected chi connectivity index (χ3v) is 4.31. The Balaban J connectivity index is 1.67. The smallest absolute Gasteiger partial charge is 0.119 e. The van der Waals surface area contributed by atoms with Gasteiger partial charge in [0.05, 0.1) is 13.2 Å². The zero-order chi connectivity index (χ0) is 13.1. The molecular formula is C16H23NO2. The molecule has 2 unspecified atom stereocenters. The number of fused-ring (bicyclic) bond motifs is 1. The first-order valence-corrected chi connectivity index (χ1v) is 7.38. The molecule has 3 nitrogen and oxygen atoms in total. The zero-order valence-electron chi connectivity index (χ0n) is 11.7. The Morgan fingerprint density at radius 1 is 1.37 bits per heavy atom. The summed E-state index contributed by atoms with van der Waals surface area (Å²) in [4.78, 5) is 0. The molecule has 2 atom stereocenters. The predicted octanol–water partition coefficient (Wildman–Crippen LogP) is 2.84. The van der Waals surface area contributed by atoms with Gasteiger partial charge >= 0.3 is 0 Å². The molecule has 104 valence electrons. The van der Waals surface area contributed by atoms with Crippen molar-refractivity contribution in [2.45, 2.75) is 44.2 Å². The first kappa shape index (κ1) is 12.9. The standard InChI is InChI=1S/C16H23NO2/c1-18-14-4-6-15-12(11-14)8-9-17-16(15)7-5-13-3-2-10-19-13/h4,6,11,13,16-17H,2-3,5,7-10H2,1H3. The van der Waals surface area contributed by atoms with Crippen LogP contribution in [0.4, 0.5) is 0 Å². The molecule has 19 heavy (non-hydrogen) atoms. The lowest BCUT2D eigenvalue weighted by atomic mass is 9.90. The maximum Gasteiger partial charge on any atom is 0.119 e. The summed E-state index contributed by atoms with van der Waals surface area (Å²) in [5, 5.41) is 3.64. The van der Waals surface area contributed by atoms with E-state index in [9.17, 15) is 0 Å². The summed E-state index contributed by atoms with van der Waals surface area (Å²) in [5.74, 6) is 0.971. The van der Waals surface area contributed by atoms with Gasteiger partial charge in [0.1, 0.15) is 5.75 Å². The lowest BCUT2D eigenvalue weighted by molar-refractivity contribution is 0.0993. The lowest BCUT2D eigenvalue weighted by Crippen LogP contribution is -2.30. The zero-order valence-corrected chi connectivity index (χ0v) is 11.7. The maximum absolute atomic E-state index is 5.72. The molecule has 0 bridgehead atoms. The highest BCUT2D eigenvalue weighted by Crippen LogP contribution is 2.31. The fourth-order valence-electron chi connectivity index (χ4n) is 3.24. The van der Waals surface area contributed by atoms with E-state index in [1.807, 2.05) is 0 Å². The monoisotopic (exact) mass is 261 g/mol. The van der Waals surface area contributed by atoms with Crippen LogP contribution in [0.3, 0.4) is 0 Å². The molecule has 0 radical (unpaired) electrons. The highest BCUT2D eigenvalue weighted by atomic mass is 16.5. The molecule has 2 heterocycles. The maximum atomic E-state index is 5.72. The second-order valence-electron chi connectivity index (χ2n) is 5.53. The molecule has 1 N–H and O–H groups in total. The second-order valence-corrected chi connectivity index (χ2v) is 5.53. The van der Waals surface area contributed by atoms with Gasteiger partial charge < -0.3 is 14.8 Å². The summed E-state index contributed by atoms with van der Waals surface area (Å²) < 4.78 is 11.0. The average Bonchev–Trinajstić information content (AvgIpc) is 2.97. The number of hydrogen-bond donors (Lipinski definition) is 1. The van der Waals surface area contributed by atoms with E-state index in [1.165, 1.54) is 36.8 Å². The van der Waals surface area contributed by atoms with Crippen molar-refractivity contribution in [3.05, 3.63) is 29.3 Å². The quantitative estimate of drug-likeness (QED) is 0.904. The molecule has 0 aromatic heterocycles. The van der Waals surface area contributed by atoms with Crippen molar-refractivity contribution in [3.8, 4) is 5.75 Å². The molecule has 2 aliphatic rings. The van der Waals surface area contributed by atoms with E-state index in [-0.39, 0.29) is 0 Å². The van der Waals surface area contributed by atoms with Crippen LogP contribution in [0.2, 0.25) is 0 Å². The van der Waals surface area contributed by atoms with Crippen LogP contribution in [-0.4, -0.2) is 26.4 Å². The van der Waals surface area contributed by atoms with E-state index in [0.717, 1.165) is 25.3 Å². The van der Waals surface area contributed by atoms with Crippen LogP contribution in [-0.2, 0) is 11.2 Å². The Hall–Kier alpha value is -1.06. The Bertz CT molecular complexity index is 427. The molecule has 0 saturated carbocycles. The van der Waals surface area contributed by atoms with Gasteiger partial charge in [-0.1, -0.05) is 6.07 Å². The average molecular weight is 261 g/mol. The third-order valence-electron chi connectivity index (χ3n) is 4.31. The van der Waals surface area contributed by atoms with E-state index >= 15 is 0 Å². The van der Waals surface area contributed by atoms with Gasteiger partial charge in [0.15, 0.2) is 0 Å². The Labute approximate surface area is 115 Å². The van der Waals surface area contributed by atoms with Gasteiger partial charge in [-0.2, -0.15) is 0 Å². The first-order chi connectivity index (χ1) is 9.36. The van der Waals surface area contributed by atoms with Crippen LogP contribution in [0.25, 0.3) is 0 Å². The van der Waals surface area contributed by atoms with Crippen molar-refractivity contribution >= 4 is 0 Å². The normalized spacial score (nSPS) is 26.2. The molecule has 1 saturated heterocycles. The number of hydrogen-bond acceptors (Lipinski definition) is 3. The predicted molar refractivity (Wildman–Crippen MR) is 75.6 cm³/mol. The highest BCUT2D eigenvalue weighted by Gasteiger charge is 2.22. The van der Waals surface area contributed by atoms with Crippen LogP contribution >= 0.6 is 0 Å². The number of rotatable bonds is 4. The molecule has 3 heteroatoms. The molecular weight excluding hydrogens is 238 g/mol. The summed E-state index contributed by atoms with van der Waals surface area (Å²) in [6, 6.07) is 6.97. The van der Waals surface area contributed by atoms with Crippen LogP contribution < -0.4 is 10.1 Å². The highest BCUT2D eigenvalue weighted by molar-refractivity contribution is 5.39. The molecule has 0 aliphatic carbocycles. The lowest BCUT2D eigenvalue weighted by Gasteiger charge is -2.28. The number of benzene rings is 1. The summed E-state index contributed by atoms with van der Waals surface area (Å²) in [6.07, 6.45) is 6.40. The van der Waals surface area contributed by atoms with Gasteiger partial charge in [-0.25, -0.2) is 0 Å². The summed E-state index contributed by atoms with van der Waals surface area (Å²) in [7, 11) is 1.73. The van der Waals surface area contributed by atoms with Crippen molar-refractivity contribution < 1.29 is 9.47 Å². The SMILES string of the molecule is COc1ccc2c(c1)CCNC2CCC1CCCO1. The van der Waals surface area contributed by atoms with Gasteiger partial charge in [0.25, 0.3) is 0 Å². The topological polar surface area (TPSA) is 30.5 Å². The minimum absolute atomic E-state index is 0.485. The molecule has 2 aliphatic heterocycles. The number of nitrogens with one attached hydrogen (secondary N) is 1. The van der Waals surface area contributed by atoms with Crippen LogP contribution in [0, 0.1) is 0 Å². The summed E-state index contributed by atoms with van der Waals surface area (Å²) in [5.41, 5.74) is 2.89. The van der Waals surface area contributed by atoms with Gasteiger partial charge in [-0.05, 0) is 61.9 Å². The Morgan fingerprint density at radius 3 is 3.11 bits per heavy atom.